The molecule has 0 atom stereocenters. The Morgan fingerprint density at radius 3 is 2.45 bits per heavy atom. The summed E-state index contributed by atoms with van der Waals surface area (Å²) in [4.78, 5) is 11.9. The highest BCUT2D eigenvalue weighted by Crippen LogP contribution is 2.25. The molecule has 0 unspecified atom stereocenters. The lowest BCUT2D eigenvalue weighted by Crippen LogP contribution is -2.07. The third-order valence-electron chi connectivity index (χ3n) is 2.97. The number of carbonyl (C=O) groups is 1. The molecule has 0 heterocycles. The molecule has 2 aromatic rings. The van der Waals surface area contributed by atoms with Gasteiger partial charge in [0.05, 0.1) is 14.2 Å². The van der Waals surface area contributed by atoms with Gasteiger partial charge in [-0.1, -0.05) is 15.9 Å². The number of hydrogen-bond donors (Lipinski definition) is 1. The molecule has 0 fully saturated rings. The fourth-order valence-electron chi connectivity index (χ4n) is 1.84. The summed E-state index contributed by atoms with van der Waals surface area (Å²) < 4.78 is 11.4. The molecule has 1 amide bonds. The number of carbonyl (C=O) groups excluding carboxylic acids is 1. The number of amides is 1. The first-order chi connectivity index (χ1) is 10.6. The smallest absolute Gasteiger partial charge is 0.248 e. The van der Waals surface area contributed by atoms with Crippen LogP contribution in [0.1, 0.15) is 5.56 Å². The van der Waals surface area contributed by atoms with Gasteiger partial charge in [-0.25, -0.2) is 0 Å². The summed E-state index contributed by atoms with van der Waals surface area (Å²) in [6.45, 7) is 0. The van der Waals surface area contributed by atoms with E-state index in [1.807, 2.05) is 36.4 Å². The molecule has 0 saturated carbocycles. The molecule has 0 aliphatic rings. The van der Waals surface area contributed by atoms with Gasteiger partial charge in [0.15, 0.2) is 0 Å². The second kappa shape index (κ2) is 7.66. The summed E-state index contributed by atoms with van der Waals surface area (Å²) in [5.41, 5.74) is 1.54. The standard InChI is InChI=1S/C17H16BrNO3/c1-21-15-9-3-12(16(11-15)22-2)4-10-17(20)19-14-7-5-13(18)6-8-14/h3-11H,1-2H3,(H,19,20)/b10-4+. The van der Waals surface area contributed by atoms with E-state index < -0.39 is 0 Å². The van der Waals surface area contributed by atoms with E-state index in [1.165, 1.54) is 6.08 Å². The molecular weight excluding hydrogens is 346 g/mol. The summed E-state index contributed by atoms with van der Waals surface area (Å²) in [7, 11) is 3.17. The van der Waals surface area contributed by atoms with Crippen molar-refractivity contribution in [1.82, 2.24) is 0 Å². The molecule has 0 radical (unpaired) electrons. The van der Waals surface area contributed by atoms with Gasteiger partial charge >= 0.3 is 0 Å². The van der Waals surface area contributed by atoms with Gasteiger partial charge in [0.1, 0.15) is 11.5 Å². The first kappa shape index (κ1) is 16.1. The van der Waals surface area contributed by atoms with Crippen LogP contribution >= 0.6 is 15.9 Å². The highest BCUT2D eigenvalue weighted by molar-refractivity contribution is 9.10. The van der Waals surface area contributed by atoms with Gasteiger partial charge in [-0.05, 0) is 42.5 Å². The molecule has 1 N–H and O–H groups in total. The summed E-state index contributed by atoms with van der Waals surface area (Å²) in [5.74, 6) is 1.14. The molecule has 22 heavy (non-hydrogen) atoms. The topological polar surface area (TPSA) is 47.6 Å². The van der Waals surface area contributed by atoms with E-state index in [1.54, 1.807) is 26.4 Å². The molecule has 0 aliphatic heterocycles. The second-order valence-electron chi connectivity index (χ2n) is 4.44. The van der Waals surface area contributed by atoms with E-state index in [0.717, 1.165) is 15.7 Å². The average molecular weight is 362 g/mol. The molecule has 0 aliphatic carbocycles. The zero-order valence-corrected chi connectivity index (χ0v) is 13.9. The van der Waals surface area contributed by atoms with Crippen molar-refractivity contribution >= 4 is 33.6 Å². The Labute approximate surface area is 137 Å². The van der Waals surface area contributed by atoms with Gasteiger partial charge in [0, 0.05) is 27.9 Å². The Morgan fingerprint density at radius 1 is 1.09 bits per heavy atom. The second-order valence-corrected chi connectivity index (χ2v) is 5.35. The number of benzene rings is 2. The number of ether oxygens (including phenoxy) is 2. The molecule has 2 rings (SSSR count). The lowest BCUT2D eigenvalue weighted by atomic mass is 10.1. The van der Waals surface area contributed by atoms with Gasteiger partial charge in [0.2, 0.25) is 5.91 Å². The predicted molar refractivity (Wildman–Crippen MR) is 91.4 cm³/mol. The summed E-state index contributed by atoms with van der Waals surface area (Å²) >= 11 is 3.35. The largest absolute Gasteiger partial charge is 0.497 e. The van der Waals surface area contributed by atoms with Gasteiger partial charge in [-0.3, -0.25) is 4.79 Å². The third kappa shape index (κ3) is 4.36. The minimum Gasteiger partial charge on any atom is -0.497 e. The zero-order valence-electron chi connectivity index (χ0n) is 12.3. The van der Waals surface area contributed by atoms with E-state index in [4.69, 9.17) is 9.47 Å². The highest BCUT2D eigenvalue weighted by Gasteiger charge is 2.03. The minimum absolute atomic E-state index is 0.208. The molecule has 0 bridgehead atoms. The molecule has 0 aromatic heterocycles. The fraction of sp³-hybridized carbons (Fsp3) is 0.118. The number of halogens is 1. The molecule has 114 valence electrons. The van der Waals surface area contributed by atoms with Gasteiger partial charge in [0.25, 0.3) is 0 Å². The minimum atomic E-state index is -0.208. The maximum absolute atomic E-state index is 11.9. The maximum atomic E-state index is 11.9. The van der Waals surface area contributed by atoms with Crippen LogP contribution in [0, 0.1) is 0 Å². The van der Waals surface area contributed by atoms with Gasteiger partial charge in [-0.2, -0.15) is 0 Å². The van der Waals surface area contributed by atoms with Crippen LogP contribution in [0.15, 0.2) is 53.0 Å². The lowest BCUT2D eigenvalue weighted by Gasteiger charge is -2.07. The van der Waals surface area contributed by atoms with Crippen molar-refractivity contribution in [3.05, 3.63) is 58.6 Å². The normalized spacial score (nSPS) is 10.5. The Balaban J connectivity index is 2.07. The fourth-order valence-corrected chi connectivity index (χ4v) is 2.10. The number of methoxy groups -OCH3 is 2. The van der Waals surface area contributed by atoms with Crippen LogP contribution in [0.5, 0.6) is 11.5 Å². The van der Waals surface area contributed by atoms with Crippen LogP contribution in [-0.4, -0.2) is 20.1 Å². The van der Waals surface area contributed by atoms with Crippen molar-refractivity contribution < 1.29 is 14.3 Å². The number of nitrogens with one attached hydrogen (secondary N) is 1. The summed E-state index contributed by atoms with van der Waals surface area (Å²) in [6, 6.07) is 12.8. The molecule has 2 aromatic carbocycles. The average Bonchev–Trinajstić information content (AvgIpc) is 2.55. The van der Waals surface area contributed by atoms with Crippen LogP contribution in [0.25, 0.3) is 6.08 Å². The lowest BCUT2D eigenvalue weighted by molar-refractivity contribution is -0.111. The summed E-state index contributed by atoms with van der Waals surface area (Å²) in [5, 5.41) is 2.79. The van der Waals surface area contributed by atoms with Crippen LogP contribution in [0.2, 0.25) is 0 Å². The molecule has 4 nitrogen and oxygen atoms in total. The molecule has 5 heteroatoms. The van der Waals surface area contributed by atoms with Crippen LogP contribution in [0.4, 0.5) is 5.69 Å². The van der Waals surface area contributed by atoms with Gasteiger partial charge in [-0.15, -0.1) is 0 Å². The van der Waals surface area contributed by atoms with E-state index in [9.17, 15) is 4.79 Å². The van der Waals surface area contributed by atoms with Gasteiger partial charge < -0.3 is 14.8 Å². The van der Waals surface area contributed by atoms with Crippen molar-refractivity contribution in [3.8, 4) is 11.5 Å². The number of rotatable bonds is 5. The quantitative estimate of drug-likeness (QED) is 0.814. The number of hydrogen-bond acceptors (Lipinski definition) is 3. The Hall–Kier alpha value is -2.27. The van der Waals surface area contributed by atoms with E-state index in [2.05, 4.69) is 21.2 Å². The molecule has 0 spiro atoms. The predicted octanol–water partition coefficient (Wildman–Crippen LogP) is 4.12. The Morgan fingerprint density at radius 2 is 1.82 bits per heavy atom. The van der Waals surface area contributed by atoms with Crippen LogP contribution in [0.3, 0.4) is 0 Å². The van der Waals surface area contributed by atoms with Crippen molar-refractivity contribution in [2.24, 2.45) is 0 Å². The van der Waals surface area contributed by atoms with Crippen molar-refractivity contribution in [2.75, 3.05) is 19.5 Å². The Kier molecular flexibility index (Phi) is 5.61. The number of anilines is 1. The molecule has 0 saturated heterocycles. The maximum Gasteiger partial charge on any atom is 0.248 e. The zero-order chi connectivity index (χ0) is 15.9. The van der Waals surface area contributed by atoms with Crippen molar-refractivity contribution in [3.63, 3.8) is 0 Å². The monoisotopic (exact) mass is 361 g/mol. The van der Waals surface area contributed by atoms with Crippen molar-refractivity contribution in [1.29, 1.82) is 0 Å². The van der Waals surface area contributed by atoms with Crippen LogP contribution < -0.4 is 14.8 Å². The van der Waals surface area contributed by atoms with E-state index in [-0.39, 0.29) is 5.91 Å². The van der Waals surface area contributed by atoms with Crippen LogP contribution in [-0.2, 0) is 4.79 Å². The SMILES string of the molecule is COc1ccc(/C=C/C(=O)Nc2ccc(Br)cc2)c(OC)c1. The summed E-state index contributed by atoms with van der Waals surface area (Å²) in [6.07, 6.45) is 3.17. The first-order valence-corrected chi connectivity index (χ1v) is 7.38. The Bertz CT molecular complexity index is 681. The first-order valence-electron chi connectivity index (χ1n) is 6.59. The molecular formula is C17H16BrNO3. The highest BCUT2D eigenvalue weighted by atomic mass is 79.9. The van der Waals surface area contributed by atoms with E-state index in [0.29, 0.717) is 11.5 Å². The van der Waals surface area contributed by atoms with E-state index >= 15 is 0 Å². The third-order valence-corrected chi connectivity index (χ3v) is 3.50. The van der Waals surface area contributed by atoms with Crippen molar-refractivity contribution in [2.45, 2.75) is 0 Å².